The van der Waals surface area contributed by atoms with Crippen molar-refractivity contribution in [2.45, 2.75) is 31.2 Å². The maximum Gasteiger partial charge on any atom is 0.422 e. The molecule has 8 nitrogen and oxygen atoms in total. The van der Waals surface area contributed by atoms with E-state index in [2.05, 4.69) is 20.6 Å². The first kappa shape index (κ1) is 22.7. The predicted octanol–water partition coefficient (Wildman–Crippen LogP) is 4.87. The molecule has 1 aliphatic carbocycles. The molecular formula is C25H21F3N4O4. The fraction of sp³-hybridized carbons (Fsp3) is 0.320. The topological polar surface area (TPSA) is 106 Å². The molecule has 0 bridgehead atoms. The van der Waals surface area contributed by atoms with E-state index in [0.29, 0.717) is 22.8 Å². The van der Waals surface area contributed by atoms with E-state index in [0.717, 1.165) is 6.54 Å². The molecule has 2 N–H and O–H groups in total. The third kappa shape index (κ3) is 4.24. The van der Waals surface area contributed by atoms with Gasteiger partial charge in [-0.15, -0.1) is 0 Å². The normalized spacial score (nSPS) is 19.7. The van der Waals surface area contributed by atoms with Crippen LogP contribution >= 0.6 is 0 Å². The molecule has 11 heteroatoms. The Morgan fingerprint density at radius 1 is 1.00 bits per heavy atom. The zero-order valence-electron chi connectivity index (χ0n) is 18.8. The van der Waals surface area contributed by atoms with Gasteiger partial charge in [-0.05, 0) is 31.4 Å². The van der Waals surface area contributed by atoms with E-state index in [1.54, 1.807) is 36.4 Å². The molecule has 3 heterocycles. The molecule has 0 radical (unpaired) electrons. The van der Waals surface area contributed by atoms with Crippen molar-refractivity contribution in [1.29, 1.82) is 0 Å². The summed E-state index contributed by atoms with van der Waals surface area (Å²) in [5.74, 6) is 0.0622. The average Bonchev–Trinajstić information content (AvgIpc) is 3.37. The molecule has 2 aromatic heterocycles. The van der Waals surface area contributed by atoms with E-state index in [4.69, 9.17) is 13.8 Å². The van der Waals surface area contributed by atoms with Crippen molar-refractivity contribution in [3.8, 4) is 40.0 Å². The SMILES string of the molecule is O[C@@H]1c2ccc(-c3noc(-c4onc(-c5ccccc5)c4C(F)(F)F)n3)cc2OC[C@H]1NCC1CC1. The number of aliphatic hydroxyl groups is 1. The first-order valence-corrected chi connectivity index (χ1v) is 11.5. The van der Waals surface area contributed by atoms with Crippen molar-refractivity contribution in [2.24, 2.45) is 5.92 Å². The zero-order chi connectivity index (χ0) is 24.9. The Morgan fingerprint density at radius 2 is 1.81 bits per heavy atom. The largest absolute Gasteiger partial charge is 0.491 e. The number of aliphatic hydroxyl groups excluding tert-OH is 1. The van der Waals surface area contributed by atoms with Crippen LogP contribution in [0.4, 0.5) is 13.2 Å². The van der Waals surface area contributed by atoms with Crippen molar-refractivity contribution >= 4 is 0 Å². The van der Waals surface area contributed by atoms with Crippen LogP contribution in [0.1, 0.15) is 30.1 Å². The molecule has 2 aromatic carbocycles. The molecule has 0 saturated heterocycles. The van der Waals surface area contributed by atoms with Crippen LogP contribution in [0.3, 0.4) is 0 Å². The van der Waals surface area contributed by atoms with Gasteiger partial charge in [-0.25, -0.2) is 0 Å². The van der Waals surface area contributed by atoms with E-state index in [1.165, 1.54) is 25.0 Å². The van der Waals surface area contributed by atoms with Crippen molar-refractivity contribution in [1.82, 2.24) is 20.6 Å². The number of hydrogen-bond donors (Lipinski definition) is 2. The van der Waals surface area contributed by atoms with E-state index < -0.39 is 29.5 Å². The van der Waals surface area contributed by atoms with Crippen LogP contribution in [0.15, 0.2) is 57.6 Å². The highest BCUT2D eigenvalue weighted by molar-refractivity contribution is 5.71. The molecule has 0 spiro atoms. The third-order valence-electron chi connectivity index (χ3n) is 6.40. The quantitative estimate of drug-likeness (QED) is 0.388. The molecule has 1 aliphatic heterocycles. The van der Waals surface area contributed by atoms with Gasteiger partial charge in [0.05, 0.1) is 6.04 Å². The van der Waals surface area contributed by atoms with Crippen LogP contribution in [0.25, 0.3) is 34.3 Å². The number of ether oxygens (including phenoxy) is 1. The molecule has 186 valence electrons. The van der Waals surface area contributed by atoms with Crippen LogP contribution in [0.5, 0.6) is 5.75 Å². The Kier molecular flexibility index (Phi) is 5.53. The van der Waals surface area contributed by atoms with E-state index in [9.17, 15) is 18.3 Å². The molecule has 1 saturated carbocycles. The maximum atomic E-state index is 14.0. The Bertz CT molecular complexity index is 1380. The molecule has 1 fully saturated rings. The molecular weight excluding hydrogens is 477 g/mol. The lowest BCUT2D eigenvalue weighted by molar-refractivity contribution is -0.136. The number of hydrogen-bond acceptors (Lipinski definition) is 8. The summed E-state index contributed by atoms with van der Waals surface area (Å²) < 4.78 is 57.9. The Hall–Kier alpha value is -3.70. The van der Waals surface area contributed by atoms with Crippen LogP contribution in [0, 0.1) is 5.92 Å². The summed E-state index contributed by atoms with van der Waals surface area (Å²) in [4.78, 5) is 4.13. The average molecular weight is 498 g/mol. The highest BCUT2D eigenvalue weighted by Gasteiger charge is 2.43. The van der Waals surface area contributed by atoms with Gasteiger partial charge in [0.15, 0.2) is 0 Å². The van der Waals surface area contributed by atoms with Crippen LogP contribution in [-0.4, -0.2) is 39.6 Å². The number of alkyl halides is 3. The fourth-order valence-electron chi connectivity index (χ4n) is 4.27. The molecule has 6 rings (SSSR count). The molecule has 0 unspecified atom stereocenters. The first-order valence-electron chi connectivity index (χ1n) is 11.5. The smallest absolute Gasteiger partial charge is 0.422 e. The third-order valence-corrected chi connectivity index (χ3v) is 6.40. The number of nitrogens with zero attached hydrogens (tertiary/aromatic N) is 3. The number of nitrogens with one attached hydrogen (secondary N) is 1. The second-order valence-corrected chi connectivity index (χ2v) is 8.99. The molecule has 2 aliphatic rings. The first-order chi connectivity index (χ1) is 17.4. The van der Waals surface area contributed by atoms with Gasteiger partial charge in [-0.1, -0.05) is 52.8 Å². The lowest BCUT2D eigenvalue weighted by Gasteiger charge is -2.31. The predicted molar refractivity (Wildman–Crippen MR) is 121 cm³/mol. The van der Waals surface area contributed by atoms with E-state index in [-0.39, 0.29) is 29.7 Å². The van der Waals surface area contributed by atoms with Crippen LogP contribution < -0.4 is 10.1 Å². The lowest BCUT2D eigenvalue weighted by atomic mass is 9.97. The van der Waals surface area contributed by atoms with Crippen LogP contribution in [-0.2, 0) is 6.18 Å². The lowest BCUT2D eigenvalue weighted by Crippen LogP contribution is -2.43. The zero-order valence-corrected chi connectivity index (χ0v) is 18.8. The van der Waals surface area contributed by atoms with E-state index >= 15 is 0 Å². The van der Waals surface area contributed by atoms with Gasteiger partial charge >= 0.3 is 6.18 Å². The van der Waals surface area contributed by atoms with Crippen molar-refractivity contribution in [2.75, 3.05) is 13.2 Å². The summed E-state index contributed by atoms with van der Waals surface area (Å²) in [6.45, 7) is 1.13. The highest BCUT2D eigenvalue weighted by atomic mass is 19.4. The monoisotopic (exact) mass is 498 g/mol. The highest BCUT2D eigenvalue weighted by Crippen LogP contribution is 2.43. The minimum Gasteiger partial charge on any atom is -0.491 e. The second kappa shape index (κ2) is 8.75. The van der Waals surface area contributed by atoms with Gasteiger partial charge in [0.1, 0.15) is 29.7 Å². The Labute approximate surface area is 203 Å². The summed E-state index contributed by atoms with van der Waals surface area (Å²) in [7, 11) is 0. The number of fused-ring (bicyclic) bond motifs is 1. The summed E-state index contributed by atoms with van der Waals surface area (Å²) in [5.41, 5.74) is -0.139. The summed E-state index contributed by atoms with van der Waals surface area (Å²) >= 11 is 0. The van der Waals surface area contributed by atoms with Crippen molar-refractivity contribution in [3.63, 3.8) is 0 Å². The molecule has 2 atom stereocenters. The molecule has 0 amide bonds. The van der Waals surface area contributed by atoms with Gasteiger partial charge in [-0.3, -0.25) is 0 Å². The van der Waals surface area contributed by atoms with Crippen molar-refractivity contribution in [3.05, 3.63) is 59.7 Å². The fourth-order valence-corrected chi connectivity index (χ4v) is 4.27. The summed E-state index contributed by atoms with van der Waals surface area (Å²) in [6, 6.07) is 12.7. The molecule has 36 heavy (non-hydrogen) atoms. The Morgan fingerprint density at radius 3 is 2.56 bits per heavy atom. The summed E-state index contributed by atoms with van der Waals surface area (Å²) in [6.07, 6.45) is -3.11. The standard InChI is InChI=1S/C25H21F3N4O4/c26-25(27,28)19-20(14-4-2-1-3-5-14)31-35-22(19)24-30-23(32-36-24)15-8-9-16-18(10-15)34-12-17(21(16)33)29-11-13-6-7-13/h1-5,8-10,13,17,21,29,33H,6-7,11-12H2/t17-,21-/m1/s1. The maximum absolute atomic E-state index is 14.0. The van der Waals surface area contributed by atoms with Gasteiger partial charge in [0, 0.05) is 16.7 Å². The van der Waals surface area contributed by atoms with Crippen LogP contribution in [0.2, 0.25) is 0 Å². The van der Waals surface area contributed by atoms with Gasteiger partial charge < -0.3 is 24.2 Å². The second-order valence-electron chi connectivity index (χ2n) is 8.99. The summed E-state index contributed by atoms with van der Waals surface area (Å²) in [5, 5.41) is 21.6. The number of aromatic nitrogens is 3. The number of halogens is 3. The van der Waals surface area contributed by atoms with E-state index in [1.807, 2.05) is 0 Å². The number of benzene rings is 2. The Balaban J connectivity index is 1.29. The minimum absolute atomic E-state index is 0.0469. The van der Waals surface area contributed by atoms with Crippen molar-refractivity contribution < 1.29 is 32.1 Å². The van der Waals surface area contributed by atoms with Gasteiger partial charge in [0.2, 0.25) is 11.6 Å². The van der Waals surface area contributed by atoms with Gasteiger partial charge in [0.25, 0.3) is 5.89 Å². The minimum atomic E-state index is -4.77. The number of rotatable bonds is 6. The molecule has 4 aromatic rings. The van der Waals surface area contributed by atoms with Gasteiger partial charge in [-0.2, -0.15) is 18.2 Å².